The molecule has 4 nitrogen and oxygen atoms in total. The zero-order valence-electron chi connectivity index (χ0n) is 17.5. The van der Waals surface area contributed by atoms with E-state index in [9.17, 15) is 4.79 Å². The maximum atomic E-state index is 12.6. The monoisotopic (exact) mass is 424 g/mol. The van der Waals surface area contributed by atoms with Crippen LogP contribution in [0.4, 0.5) is 5.00 Å². The molecule has 1 aliphatic rings. The van der Waals surface area contributed by atoms with Crippen molar-refractivity contribution >= 4 is 39.6 Å². The van der Waals surface area contributed by atoms with Gasteiger partial charge < -0.3 is 15.4 Å². The number of ether oxygens (including phenoxy) is 1. The average molecular weight is 425 g/mol. The number of esters is 1. The summed E-state index contributed by atoms with van der Waals surface area (Å²) in [4.78, 5) is 13.9. The lowest BCUT2D eigenvalue weighted by Crippen LogP contribution is -2.29. The molecule has 1 heterocycles. The number of unbranched alkanes of at least 4 members (excludes halogenated alkanes) is 6. The van der Waals surface area contributed by atoms with Gasteiger partial charge in [-0.25, -0.2) is 4.79 Å². The van der Waals surface area contributed by atoms with Crippen LogP contribution in [-0.4, -0.2) is 24.2 Å². The number of hydrogen-bond acceptors (Lipinski definition) is 4. The molecule has 158 valence electrons. The molecule has 0 saturated carbocycles. The lowest BCUT2D eigenvalue weighted by molar-refractivity contribution is 0.0527. The van der Waals surface area contributed by atoms with Gasteiger partial charge in [0.2, 0.25) is 0 Å². The van der Waals surface area contributed by atoms with Gasteiger partial charge in [0.15, 0.2) is 5.11 Å². The maximum absolute atomic E-state index is 12.6. The first-order valence-corrected chi connectivity index (χ1v) is 12.3. The molecule has 2 N–H and O–H groups in total. The largest absolute Gasteiger partial charge is 0.462 e. The van der Waals surface area contributed by atoms with Gasteiger partial charge in [0.25, 0.3) is 0 Å². The zero-order valence-corrected chi connectivity index (χ0v) is 19.2. The summed E-state index contributed by atoms with van der Waals surface area (Å²) in [6.07, 6.45) is 14.5. The summed E-state index contributed by atoms with van der Waals surface area (Å²) >= 11 is 7.16. The average Bonchev–Trinajstić information content (AvgIpc) is 2.84. The molecule has 0 bridgehead atoms. The number of thiophene rings is 1. The molecule has 0 unspecified atom stereocenters. The Morgan fingerprint density at radius 2 is 1.75 bits per heavy atom. The molecular weight excluding hydrogens is 388 g/mol. The number of carbonyl (C=O) groups excluding carboxylic acids is 1. The van der Waals surface area contributed by atoms with Gasteiger partial charge in [-0.2, -0.15) is 0 Å². The summed E-state index contributed by atoms with van der Waals surface area (Å²) in [5.41, 5.74) is 1.89. The number of anilines is 1. The minimum Gasteiger partial charge on any atom is -0.462 e. The van der Waals surface area contributed by atoms with Crippen molar-refractivity contribution in [1.29, 1.82) is 0 Å². The molecule has 0 spiro atoms. The van der Waals surface area contributed by atoms with E-state index in [1.54, 1.807) is 11.3 Å². The van der Waals surface area contributed by atoms with Gasteiger partial charge in [-0.15, -0.1) is 11.3 Å². The number of fused-ring (bicyclic) bond motifs is 1. The summed E-state index contributed by atoms with van der Waals surface area (Å²) in [5.74, 6) is -0.223. The van der Waals surface area contributed by atoms with Crippen molar-refractivity contribution in [1.82, 2.24) is 5.32 Å². The molecule has 6 heteroatoms. The van der Waals surface area contributed by atoms with Gasteiger partial charge in [0, 0.05) is 11.4 Å². The third kappa shape index (κ3) is 7.36. The molecule has 1 aromatic heterocycles. The van der Waals surface area contributed by atoms with Gasteiger partial charge in [-0.3, -0.25) is 0 Å². The number of nitrogens with one attached hydrogen (secondary N) is 2. The summed E-state index contributed by atoms with van der Waals surface area (Å²) in [7, 11) is 0. The lowest BCUT2D eigenvalue weighted by atomic mass is 10.1. The fourth-order valence-electron chi connectivity index (χ4n) is 3.68. The zero-order chi connectivity index (χ0) is 20.2. The fraction of sp³-hybridized carbons (Fsp3) is 0.727. The van der Waals surface area contributed by atoms with Crippen molar-refractivity contribution in [2.24, 2.45) is 0 Å². The normalized spacial score (nSPS) is 13.5. The van der Waals surface area contributed by atoms with Crippen molar-refractivity contribution in [3.8, 4) is 0 Å². The van der Waals surface area contributed by atoms with Crippen LogP contribution < -0.4 is 10.6 Å². The van der Waals surface area contributed by atoms with Crippen LogP contribution >= 0.6 is 23.6 Å². The molecule has 28 heavy (non-hydrogen) atoms. The highest BCUT2D eigenvalue weighted by atomic mass is 32.1. The first kappa shape index (κ1) is 23.1. The second-order valence-electron chi connectivity index (χ2n) is 7.49. The highest BCUT2D eigenvalue weighted by Gasteiger charge is 2.26. The van der Waals surface area contributed by atoms with Crippen LogP contribution in [0.3, 0.4) is 0 Å². The quantitative estimate of drug-likeness (QED) is 0.191. The summed E-state index contributed by atoms with van der Waals surface area (Å²) in [6, 6.07) is 0. The molecule has 0 aliphatic heterocycles. The molecule has 1 aliphatic carbocycles. The van der Waals surface area contributed by atoms with E-state index in [1.165, 1.54) is 61.8 Å². The van der Waals surface area contributed by atoms with Gasteiger partial charge >= 0.3 is 5.97 Å². The Bertz CT molecular complexity index is 628. The molecule has 0 radical (unpaired) electrons. The molecular formula is C22H36N2O2S2. The fourth-order valence-corrected chi connectivity index (χ4v) is 5.23. The Balaban J connectivity index is 1.86. The number of thiocarbonyl (C=S) groups is 1. The minimum absolute atomic E-state index is 0.223. The summed E-state index contributed by atoms with van der Waals surface area (Å²) in [6.45, 7) is 5.37. The Morgan fingerprint density at radius 3 is 2.50 bits per heavy atom. The Kier molecular flexibility index (Phi) is 10.9. The predicted molar refractivity (Wildman–Crippen MR) is 124 cm³/mol. The van der Waals surface area contributed by atoms with Crippen LogP contribution in [0, 0.1) is 0 Å². The predicted octanol–water partition coefficient (Wildman–Crippen LogP) is 6.23. The first-order chi connectivity index (χ1) is 13.7. The van der Waals surface area contributed by atoms with Crippen molar-refractivity contribution in [3.63, 3.8) is 0 Å². The van der Waals surface area contributed by atoms with E-state index in [0.717, 1.165) is 37.2 Å². The Hall–Kier alpha value is -1.14. The number of carbonyl (C=O) groups is 1. The van der Waals surface area contributed by atoms with Gasteiger partial charge in [-0.05, 0) is 56.8 Å². The van der Waals surface area contributed by atoms with Crippen molar-refractivity contribution in [2.45, 2.75) is 90.9 Å². The van der Waals surface area contributed by atoms with Crippen LogP contribution in [0.15, 0.2) is 0 Å². The third-order valence-corrected chi connectivity index (χ3v) is 6.65. The molecule has 1 aromatic rings. The van der Waals surface area contributed by atoms with Crippen LogP contribution in [-0.2, 0) is 17.6 Å². The first-order valence-electron chi connectivity index (χ1n) is 11.0. The second-order valence-corrected chi connectivity index (χ2v) is 9.00. The van der Waals surface area contributed by atoms with Gasteiger partial charge in [-0.1, -0.05) is 51.9 Å². The summed E-state index contributed by atoms with van der Waals surface area (Å²) < 4.78 is 5.33. The number of aryl methyl sites for hydroxylation is 1. The van der Waals surface area contributed by atoms with E-state index in [1.807, 2.05) is 6.92 Å². The standard InChI is InChI=1S/C22H36N2O2S2/c1-3-5-6-7-8-9-13-16-23-22(27)24-20-19(21(25)26-4-2)17-14-11-10-12-15-18(17)28-20/h3-16H2,1-2H3,(H2,23,24,27). The van der Waals surface area contributed by atoms with E-state index in [4.69, 9.17) is 17.0 Å². The van der Waals surface area contributed by atoms with E-state index >= 15 is 0 Å². The molecule has 0 saturated heterocycles. The maximum Gasteiger partial charge on any atom is 0.341 e. The smallest absolute Gasteiger partial charge is 0.341 e. The minimum atomic E-state index is -0.223. The second kappa shape index (κ2) is 13.2. The molecule has 0 fully saturated rings. The summed E-state index contributed by atoms with van der Waals surface area (Å²) in [5, 5.41) is 8.04. The SMILES string of the molecule is CCCCCCCCCNC(=S)Nc1sc2c(c1C(=O)OCC)CCCCC2. The van der Waals surface area contributed by atoms with Crippen LogP contribution in [0.5, 0.6) is 0 Å². The lowest BCUT2D eigenvalue weighted by Gasteiger charge is -2.11. The van der Waals surface area contributed by atoms with Crippen LogP contribution in [0.25, 0.3) is 0 Å². The highest BCUT2D eigenvalue weighted by Crippen LogP contribution is 2.38. The van der Waals surface area contributed by atoms with E-state index in [0.29, 0.717) is 17.3 Å². The highest BCUT2D eigenvalue weighted by molar-refractivity contribution is 7.80. The Labute approximate surface area is 179 Å². The van der Waals surface area contributed by atoms with Crippen LogP contribution in [0.1, 0.15) is 98.9 Å². The van der Waals surface area contributed by atoms with E-state index < -0.39 is 0 Å². The van der Waals surface area contributed by atoms with Crippen molar-refractivity contribution in [2.75, 3.05) is 18.5 Å². The number of rotatable bonds is 11. The van der Waals surface area contributed by atoms with Gasteiger partial charge in [0.1, 0.15) is 5.00 Å². The number of hydrogen-bond donors (Lipinski definition) is 2. The Morgan fingerprint density at radius 1 is 1.04 bits per heavy atom. The third-order valence-electron chi connectivity index (χ3n) is 5.19. The van der Waals surface area contributed by atoms with Crippen molar-refractivity contribution < 1.29 is 9.53 Å². The van der Waals surface area contributed by atoms with E-state index in [-0.39, 0.29) is 5.97 Å². The molecule has 0 aromatic carbocycles. The van der Waals surface area contributed by atoms with Crippen LogP contribution in [0.2, 0.25) is 0 Å². The molecule has 0 amide bonds. The van der Waals surface area contributed by atoms with Crippen molar-refractivity contribution in [3.05, 3.63) is 16.0 Å². The topological polar surface area (TPSA) is 50.4 Å². The molecule has 0 atom stereocenters. The molecule has 2 rings (SSSR count). The van der Waals surface area contributed by atoms with Gasteiger partial charge in [0.05, 0.1) is 12.2 Å². The van der Waals surface area contributed by atoms with E-state index in [2.05, 4.69) is 17.6 Å².